The van der Waals surface area contributed by atoms with Crippen molar-refractivity contribution < 1.29 is 8.42 Å². The molecule has 0 aromatic carbocycles. The maximum Gasteiger partial charge on any atom is 0.201 e. The lowest BCUT2D eigenvalue weighted by Crippen LogP contribution is -2.31. The van der Waals surface area contributed by atoms with Gasteiger partial charge in [0.25, 0.3) is 0 Å². The fourth-order valence-electron chi connectivity index (χ4n) is 1.61. The van der Waals surface area contributed by atoms with E-state index in [4.69, 9.17) is 0 Å². The van der Waals surface area contributed by atoms with Crippen LogP contribution >= 0.6 is 0 Å². The molecule has 1 aliphatic heterocycles. The summed E-state index contributed by atoms with van der Waals surface area (Å²) in [6.07, 6.45) is 2.08. The Labute approximate surface area is 75.0 Å². The number of thiol groups is 1. The number of nitrogens with one attached hydrogen (secondary N) is 1. The molecule has 0 spiro atoms. The van der Waals surface area contributed by atoms with Crippen LogP contribution in [0.25, 0.3) is 0 Å². The summed E-state index contributed by atoms with van der Waals surface area (Å²) >= 11 is 0. The summed E-state index contributed by atoms with van der Waals surface area (Å²) in [5, 5.41) is 0. The van der Waals surface area contributed by atoms with Gasteiger partial charge in [0.05, 0.1) is 0 Å². The van der Waals surface area contributed by atoms with Crippen LogP contribution in [-0.2, 0) is 10.9 Å². The van der Waals surface area contributed by atoms with Gasteiger partial charge in [0.1, 0.15) is 0 Å². The summed E-state index contributed by atoms with van der Waals surface area (Å²) in [5.74, 6) is 0. The zero-order valence-electron chi connectivity index (χ0n) is 7.32. The summed E-state index contributed by atoms with van der Waals surface area (Å²) < 4.78 is 23.2. The topological polar surface area (TPSA) is 49.4 Å². The second-order valence-electron chi connectivity index (χ2n) is 3.17. The van der Waals surface area contributed by atoms with E-state index >= 15 is 0 Å². The van der Waals surface area contributed by atoms with Crippen LogP contribution < -0.4 is 4.72 Å². The maximum atomic E-state index is 10.3. The van der Waals surface area contributed by atoms with E-state index < -0.39 is 10.9 Å². The predicted molar refractivity (Wildman–Crippen MR) is 48.6 cm³/mol. The van der Waals surface area contributed by atoms with E-state index in [9.17, 15) is 8.42 Å². The van der Waals surface area contributed by atoms with E-state index in [1.54, 1.807) is 0 Å². The van der Waals surface area contributed by atoms with E-state index in [0.29, 0.717) is 0 Å². The fraction of sp³-hybridized carbons (Fsp3) is 1.00. The van der Waals surface area contributed by atoms with Crippen LogP contribution in [0.15, 0.2) is 0 Å². The Balaban J connectivity index is 2.25. The first-order chi connectivity index (χ1) is 5.72. The molecule has 0 aromatic rings. The fourth-order valence-corrected chi connectivity index (χ4v) is 2.12. The molecule has 12 heavy (non-hydrogen) atoms. The van der Waals surface area contributed by atoms with Crippen LogP contribution in [0.1, 0.15) is 19.8 Å². The monoisotopic (exact) mass is 192 g/mol. The molecule has 0 bridgehead atoms. The van der Waals surface area contributed by atoms with Crippen molar-refractivity contribution in [3.05, 3.63) is 0 Å². The van der Waals surface area contributed by atoms with E-state index in [2.05, 4.69) is 16.5 Å². The van der Waals surface area contributed by atoms with Gasteiger partial charge in [-0.25, -0.2) is 13.1 Å². The van der Waals surface area contributed by atoms with Gasteiger partial charge in [-0.15, -0.1) is 0 Å². The normalized spacial score (nSPS) is 25.3. The van der Waals surface area contributed by atoms with Gasteiger partial charge in [0, 0.05) is 12.6 Å². The second kappa shape index (κ2) is 4.79. The van der Waals surface area contributed by atoms with Crippen LogP contribution in [0.2, 0.25) is 0 Å². The van der Waals surface area contributed by atoms with E-state index in [0.717, 1.165) is 32.5 Å². The van der Waals surface area contributed by atoms with Crippen LogP contribution in [0.5, 0.6) is 0 Å². The third-order valence-corrected chi connectivity index (χ3v) is 2.68. The third-order valence-electron chi connectivity index (χ3n) is 2.10. The van der Waals surface area contributed by atoms with Crippen molar-refractivity contribution >= 4 is 10.9 Å². The Kier molecular flexibility index (Phi) is 3.97. The van der Waals surface area contributed by atoms with Crippen LogP contribution in [0.3, 0.4) is 0 Å². The molecule has 0 saturated carbocycles. The highest BCUT2D eigenvalue weighted by atomic mass is 32.2. The first-order valence-electron chi connectivity index (χ1n) is 4.35. The van der Waals surface area contributed by atoms with Crippen molar-refractivity contribution in [3.8, 4) is 0 Å². The second-order valence-corrected chi connectivity index (χ2v) is 3.94. The minimum Gasteiger partial charge on any atom is -0.302 e. The van der Waals surface area contributed by atoms with Crippen molar-refractivity contribution in [2.75, 3.05) is 19.6 Å². The summed E-state index contributed by atoms with van der Waals surface area (Å²) in [7, 11) is -2.42. The van der Waals surface area contributed by atoms with Crippen molar-refractivity contribution in [1.82, 2.24) is 9.62 Å². The molecule has 0 radical (unpaired) electrons. The van der Waals surface area contributed by atoms with Gasteiger partial charge in [-0.1, -0.05) is 6.92 Å². The number of hydrogen-bond donors (Lipinski definition) is 2. The molecular formula is C7H16N2O2S. The highest BCUT2D eigenvalue weighted by Gasteiger charge is 2.21. The van der Waals surface area contributed by atoms with Crippen LogP contribution in [0, 0.1) is 0 Å². The molecule has 1 aliphatic rings. The lowest BCUT2D eigenvalue weighted by Gasteiger charge is -2.13. The standard InChI is InChI=1S/C7H16N2O2S/c1-2-4-9-5-3-7(6-9)8-12(10)11/h7,12H,2-6H2,1H3,(H,8,10,11). The predicted octanol–water partition coefficient (Wildman–Crippen LogP) is -0.413. The molecule has 0 amide bonds. The Bertz CT molecular complexity index is 198. The summed E-state index contributed by atoms with van der Waals surface area (Å²) in [4.78, 5) is 2.29. The highest BCUT2D eigenvalue weighted by Crippen LogP contribution is 2.08. The van der Waals surface area contributed by atoms with E-state index in [-0.39, 0.29) is 6.04 Å². The molecule has 0 aromatic heterocycles. The van der Waals surface area contributed by atoms with Gasteiger partial charge in [-0.2, -0.15) is 0 Å². The number of hydrogen-bond acceptors (Lipinski definition) is 3. The van der Waals surface area contributed by atoms with Gasteiger partial charge >= 0.3 is 0 Å². The molecule has 1 unspecified atom stereocenters. The molecule has 0 aliphatic carbocycles. The first kappa shape index (κ1) is 9.95. The zero-order valence-corrected chi connectivity index (χ0v) is 8.22. The Morgan fingerprint density at radius 2 is 2.33 bits per heavy atom. The van der Waals surface area contributed by atoms with E-state index in [1.807, 2.05) is 0 Å². The average molecular weight is 192 g/mol. The molecule has 1 atom stereocenters. The SMILES string of the molecule is CCCN1CCC(N[SH](=O)=O)C1. The molecule has 1 heterocycles. The first-order valence-corrected chi connectivity index (χ1v) is 5.53. The minimum atomic E-state index is -2.42. The number of rotatable bonds is 4. The lowest BCUT2D eigenvalue weighted by atomic mass is 10.3. The largest absolute Gasteiger partial charge is 0.302 e. The molecule has 72 valence electrons. The smallest absolute Gasteiger partial charge is 0.201 e. The third kappa shape index (κ3) is 3.08. The van der Waals surface area contributed by atoms with Crippen LogP contribution in [0.4, 0.5) is 0 Å². The van der Waals surface area contributed by atoms with Gasteiger partial charge in [0.2, 0.25) is 10.9 Å². The van der Waals surface area contributed by atoms with Crippen molar-refractivity contribution in [2.45, 2.75) is 25.8 Å². The Morgan fingerprint density at radius 1 is 1.58 bits per heavy atom. The summed E-state index contributed by atoms with van der Waals surface area (Å²) in [6.45, 7) is 5.11. The summed E-state index contributed by atoms with van der Waals surface area (Å²) in [6, 6.07) is 0.151. The molecule has 1 fully saturated rings. The molecule has 5 heteroatoms. The van der Waals surface area contributed by atoms with Crippen LogP contribution in [-0.4, -0.2) is 39.0 Å². The lowest BCUT2D eigenvalue weighted by molar-refractivity contribution is 0.333. The maximum absolute atomic E-state index is 10.3. The summed E-state index contributed by atoms with van der Waals surface area (Å²) in [5.41, 5.74) is 0. The quantitative estimate of drug-likeness (QED) is 0.595. The molecular weight excluding hydrogens is 176 g/mol. The zero-order chi connectivity index (χ0) is 8.97. The van der Waals surface area contributed by atoms with Crippen molar-refractivity contribution in [1.29, 1.82) is 0 Å². The Morgan fingerprint density at radius 3 is 2.92 bits per heavy atom. The van der Waals surface area contributed by atoms with Gasteiger partial charge in [-0.05, 0) is 25.9 Å². The van der Waals surface area contributed by atoms with E-state index in [1.165, 1.54) is 0 Å². The van der Waals surface area contributed by atoms with Gasteiger partial charge in [-0.3, -0.25) is 0 Å². The Hall–Kier alpha value is -0.130. The molecule has 1 N–H and O–H groups in total. The minimum absolute atomic E-state index is 0.151. The van der Waals surface area contributed by atoms with Crippen molar-refractivity contribution in [3.63, 3.8) is 0 Å². The highest BCUT2D eigenvalue weighted by molar-refractivity contribution is 7.70. The van der Waals surface area contributed by atoms with Gasteiger partial charge in [0.15, 0.2) is 0 Å². The number of likely N-dealkylation sites (tertiary alicyclic amines) is 1. The average Bonchev–Trinajstić information content (AvgIpc) is 2.36. The van der Waals surface area contributed by atoms with Gasteiger partial charge < -0.3 is 4.90 Å². The molecule has 4 nitrogen and oxygen atoms in total. The van der Waals surface area contributed by atoms with Crippen molar-refractivity contribution in [2.24, 2.45) is 0 Å². The number of nitrogens with zero attached hydrogens (tertiary/aromatic N) is 1. The molecule has 1 saturated heterocycles. The molecule has 1 rings (SSSR count).